The van der Waals surface area contributed by atoms with Gasteiger partial charge < -0.3 is 10.2 Å². The molecule has 1 amide bonds. The zero-order chi connectivity index (χ0) is 14.1. The number of hydrogen-bond acceptors (Lipinski definition) is 3. The summed E-state index contributed by atoms with van der Waals surface area (Å²) >= 11 is 3.35. The van der Waals surface area contributed by atoms with Crippen LogP contribution in [0.3, 0.4) is 0 Å². The van der Waals surface area contributed by atoms with Crippen molar-refractivity contribution in [1.82, 2.24) is 5.32 Å². The number of nitrogens with one attached hydrogen (secondary N) is 1. The normalized spacial score (nSPS) is 10.9. The lowest BCUT2D eigenvalue weighted by Crippen LogP contribution is -2.28. The van der Waals surface area contributed by atoms with E-state index in [1.807, 2.05) is 24.3 Å². The molecule has 0 aliphatic rings. The van der Waals surface area contributed by atoms with E-state index in [0.29, 0.717) is 12.5 Å². The molecule has 0 saturated heterocycles. The van der Waals surface area contributed by atoms with Crippen LogP contribution in [0.5, 0.6) is 0 Å². The first-order valence-corrected chi connectivity index (χ1v) is 7.05. The molecule has 0 aliphatic carbocycles. The molecule has 0 saturated carbocycles. The highest BCUT2D eigenvalue weighted by atomic mass is 79.9. The number of oxime groups is 1. The first-order valence-electron chi connectivity index (χ1n) is 6.25. The predicted molar refractivity (Wildman–Crippen MR) is 80.2 cm³/mol. The number of halogens is 1. The molecule has 0 aromatic heterocycles. The van der Waals surface area contributed by atoms with E-state index in [1.54, 1.807) is 6.21 Å². The molecule has 104 valence electrons. The lowest BCUT2D eigenvalue weighted by atomic mass is 10.1. The van der Waals surface area contributed by atoms with Gasteiger partial charge in [0.15, 0.2) is 6.61 Å². The number of carbonyl (C=O) groups is 1. The number of carbonyl (C=O) groups excluding carboxylic acids is 1. The van der Waals surface area contributed by atoms with Gasteiger partial charge in [0.2, 0.25) is 0 Å². The highest BCUT2D eigenvalue weighted by Crippen LogP contribution is 2.08. The van der Waals surface area contributed by atoms with Crippen molar-refractivity contribution in [3.05, 3.63) is 34.3 Å². The number of nitrogens with zero attached hydrogens (tertiary/aromatic N) is 1. The molecule has 1 rings (SSSR count). The smallest absolute Gasteiger partial charge is 0.260 e. The predicted octanol–water partition coefficient (Wildman–Crippen LogP) is 2.96. The molecule has 0 aliphatic heterocycles. The van der Waals surface area contributed by atoms with E-state index in [-0.39, 0.29) is 12.5 Å². The van der Waals surface area contributed by atoms with Crippen LogP contribution in [0, 0.1) is 5.92 Å². The molecule has 0 heterocycles. The van der Waals surface area contributed by atoms with E-state index in [9.17, 15) is 4.79 Å². The summed E-state index contributed by atoms with van der Waals surface area (Å²) in [6, 6.07) is 7.64. The fourth-order valence-corrected chi connectivity index (χ4v) is 1.56. The molecule has 1 N–H and O–H groups in total. The molecule has 0 bridgehead atoms. The minimum atomic E-state index is -0.145. The third-order valence-corrected chi connectivity index (χ3v) is 2.91. The third-order valence-electron chi connectivity index (χ3n) is 2.39. The van der Waals surface area contributed by atoms with Gasteiger partial charge in [-0.3, -0.25) is 4.79 Å². The van der Waals surface area contributed by atoms with Crippen LogP contribution < -0.4 is 5.32 Å². The Hall–Kier alpha value is -1.36. The van der Waals surface area contributed by atoms with E-state index >= 15 is 0 Å². The van der Waals surface area contributed by atoms with Gasteiger partial charge in [-0.05, 0) is 30.0 Å². The first kappa shape index (κ1) is 15.7. The second kappa shape index (κ2) is 8.69. The molecule has 0 unspecified atom stereocenters. The molecular weight excluding hydrogens is 308 g/mol. The molecule has 1 aromatic carbocycles. The van der Waals surface area contributed by atoms with Crippen LogP contribution in [-0.4, -0.2) is 25.3 Å². The van der Waals surface area contributed by atoms with Gasteiger partial charge in [0.25, 0.3) is 5.91 Å². The molecule has 4 nitrogen and oxygen atoms in total. The maximum atomic E-state index is 11.4. The summed E-state index contributed by atoms with van der Waals surface area (Å²) in [5.74, 6) is 0.435. The Kier molecular flexibility index (Phi) is 7.18. The van der Waals surface area contributed by atoms with Crippen molar-refractivity contribution in [2.24, 2.45) is 11.1 Å². The molecular formula is C14H19BrN2O2. The molecule has 19 heavy (non-hydrogen) atoms. The van der Waals surface area contributed by atoms with Gasteiger partial charge in [-0.2, -0.15) is 0 Å². The Balaban J connectivity index is 2.19. The number of rotatable bonds is 7. The molecule has 0 atom stereocenters. The highest BCUT2D eigenvalue weighted by molar-refractivity contribution is 9.10. The van der Waals surface area contributed by atoms with Crippen LogP contribution in [0.25, 0.3) is 0 Å². The Morgan fingerprint density at radius 3 is 2.74 bits per heavy atom. The molecule has 0 fully saturated rings. The molecule has 0 spiro atoms. The van der Waals surface area contributed by atoms with Crippen LogP contribution in [0.1, 0.15) is 25.8 Å². The quantitative estimate of drug-likeness (QED) is 0.618. The summed E-state index contributed by atoms with van der Waals surface area (Å²) in [7, 11) is 0. The zero-order valence-electron chi connectivity index (χ0n) is 11.2. The summed E-state index contributed by atoms with van der Waals surface area (Å²) in [6.07, 6.45) is 2.54. The highest BCUT2D eigenvalue weighted by Gasteiger charge is 2.01. The second-order valence-electron chi connectivity index (χ2n) is 4.59. The van der Waals surface area contributed by atoms with Crippen molar-refractivity contribution in [2.45, 2.75) is 20.3 Å². The minimum absolute atomic E-state index is 0.0505. The Morgan fingerprint density at radius 2 is 2.11 bits per heavy atom. The van der Waals surface area contributed by atoms with Crippen molar-refractivity contribution in [3.8, 4) is 0 Å². The van der Waals surface area contributed by atoms with Crippen molar-refractivity contribution >= 4 is 28.1 Å². The van der Waals surface area contributed by atoms with Crippen molar-refractivity contribution < 1.29 is 9.63 Å². The molecule has 0 radical (unpaired) electrons. The van der Waals surface area contributed by atoms with Crippen LogP contribution in [-0.2, 0) is 9.63 Å². The maximum Gasteiger partial charge on any atom is 0.260 e. The lowest BCUT2D eigenvalue weighted by molar-refractivity contribution is -0.125. The second-order valence-corrected chi connectivity index (χ2v) is 5.51. The largest absolute Gasteiger partial charge is 0.386 e. The van der Waals surface area contributed by atoms with Crippen LogP contribution in [0.15, 0.2) is 33.9 Å². The van der Waals surface area contributed by atoms with E-state index in [0.717, 1.165) is 16.5 Å². The van der Waals surface area contributed by atoms with E-state index < -0.39 is 0 Å². The van der Waals surface area contributed by atoms with Gasteiger partial charge in [-0.25, -0.2) is 0 Å². The average molecular weight is 327 g/mol. The number of hydrogen-bond donors (Lipinski definition) is 1. The summed E-state index contributed by atoms with van der Waals surface area (Å²) in [6.45, 7) is 4.86. The van der Waals surface area contributed by atoms with Gasteiger partial charge in [0.1, 0.15) is 0 Å². The monoisotopic (exact) mass is 326 g/mol. The third kappa shape index (κ3) is 7.62. The Morgan fingerprint density at radius 1 is 1.42 bits per heavy atom. The Labute approximate surface area is 122 Å². The average Bonchev–Trinajstić information content (AvgIpc) is 2.36. The topological polar surface area (TPSA) is 50.7 Å². The van der Waals surface area contributed by atoms with Crippen LogP contribution >= 0.6 is 15.9 Å². The van der Waals surface area contributed by atoms with Crippen molar-refractivity contribution in [1.29, 1.82) is 0 Å². The summed E-state index contributed by atoms with van der Waals surface area (Å²) < 4.78 is 1.01. The maximum absolute atomic E-state index is 11.4. The van der Waals surface area contributed by atoms with Crippen LogP contribution in [0.2, 0.25) is 0 Å². The fraction of sp³-hybridized carbons (Fsp3) is 0.429. The Bertz CT molecular complexity index is 416. The van der Waals surface area contributed by atoms with E-state index in [1.165, 1.54) is 0 Å². The van der Waals surface area contributed by atoms with Gasteiger partial charge in [-0.1, -0.05) is 47.1 Å². The molecule has 5 heteroatoms. The van der Waals surface area contributed by atoms with E-state index in [2.05, 4.69) is 40.2 Å². The summed E-state index contributed by atoms with van der Waals surface area (Å²) in [4.78, 5) is 16.3. The zero-order valence-corrected chi connectivity index (χ0v) is 12.8. The van der Waals surface area contributed by atoms with Gasteiger partial charge in [0, 0.05) is 11.0 Å². The minimum Gasteiger partial charge on any atom is -0.386 e. The van der Waals surface area contributed by atoms with Gasteiger partial charge in [-0.15, -0.1) is 0 Å². The standard InChI is InChI=1S/C14H19BrN2O2/c1-11(2)7-8-16-14(18)10-19-17-9-12-3-5-13(15)6-4-12/h3-6,9,11H,7-8,10H2,1-2H3,(H,16,18)/b17-9-. The van der Waals surface area contributed by atoms with Crippen molar-refractivity contribution in [3.63, 3.8) is 0 Å². The number of benzene rings is 1. The number of amides is 1. The molecule has 1 aromatic rings. The van der Waals surface area contributed by atoms with Crippen molar-refractivity contribution in [2.75, 3.05) is 13.2 Å². The summed E-state index contributed by atoms with van der Waals surface area (Å²) in [5.41, 5.74) is 0.920. The first-order chi connectivity index (χ1) is 9.08. The summed E-state index contributed by atoms with van der Waals surface area (Å²) in [5, 5.41) is 6.53. The van der Waals surface area contributed by atoms with E-state index in [4.69, 9.17) is 4.84 Å². The SMILES string of the molecule is CC(C)CCNC(=O)CO/N=C\c1ccc(Br)cc1. The van der Waals surface area contributed by atoms with Gasteiger partial charge >= 0.3 is 0 Å². The van der Waals surface area contributed by atoms with Crippen LogP contribution in [0.4, 0.5) is 0 Å². The fourth-order valence-electron chi connectivity index (χ4n) is 1.29. The van der Waals surface area contributed by atoms with Gasteiger partial charge in [0.05, 0.1) is 6.21 Å². The lowest BCUT2D eigenvalue weighted by Gasteiger charge is -2.06.